The van der Waals surface area contributed by atoms with Gasteiger partial charge in [-0.05, 0) is 61.5 Å². The molecule has 1 aromatic rings. The smallest absolute Gasteiger partial charge is 0.0322 e. The van der Waals surface area contributed by atoms with Gasteiger partial charge in [0.05, 0.1) is 0 Å². The first-order valence-corrected chi connectivity index (χ1v) is 8.26. The Kier molecular flexibility index (Phi) is 3.11. The number of hydrogen-bond donors (Lipinski definition) is 1. The molecule has 4 rings (SSSR count). The summed E-state index contributed by atoms with van der Waals surface area (Å²) in [5.74, 6) is 1.85. The second-order valence-corrected chi connectivity index (χ2v) is 6.89. The fourth-order valence-electron chi connectivity index (χ4n) is 4.33. The number of fused-ring (bicyclic) bond motifs is 1. The lowest BCUT2D eigenvalue weighted by atomic mass is 9.79. The summed E-state index contributed by atoms with van der Waals surface area (Å²) in [5, 5.41) is 3.91. The van der Waals surface area contributed by atoms with Crippen LogP contribution in [0.15, 0.2) is 24.3 Å². The highest BCUT2D eigenvalue weighted by Gasteiger charge is 2.33. The van der Waals surface area contributed by atoms with Crippen LogP contribution in [0.1, 0.15) is 74.5 Å². The number of hydrogen-bond acceptors (Lipinski definition) is 1. The van der Waals surface area contributed by atoms with E-state index in [4.69, 9.17) is 0 Å². The zero-order chi connectivity index (χ0) is 12.7. The summed E-state index contributed by atoms with van der Waals surface area (Å²) in [6, 6.07) is 11.0. The van der Waals surface area contributed by atoms with E-state index in [1.165, 1.54) is 56.9 Å². The summed E-state index contributed by atoms with van der Waals surface area (Å²) in [7, 11) is 0. The van der Waals surface area contributed by atoms with Gasteiger partial charge < -0.3 is 5.32 Å². The lowest BCUT2D eigenvalue weighted by Gasteiger charge is -2.34. The summed E-state index contributed by atoms with van der Waals surface area (Å²) >= 11 is 0. The molecule has 3 unspecified atom stereocenters. The maximum Gasteiger partial charge on any atom is 0.0322 e. The predicted octanol–water partition coefficient (Wildman–Crippen LogP) is 4.55. The summed E-state index contributed by atoms with van der Waals surface area (Å²) in [4.78, 5) is 0. The maximum absolute atomic E-state index is 3.91. The van der Waals surface area contributed by atoms with E-state index < -0.39 is 0 Å². The van der Waals surface area contributed by atoms with Gasteiger partial charge in [-0.2, -0.15) is 0 Å². The SMILES string of the molecule is c1cc(C2CCC3CCCC3N2)ccc1C1CCC1. The van der Waals surface area contributed by atoms with E-state index in [1.54, 1.807) is 5.56 Å². The standard InChI is InChI=1S/C18H25N/c1-3-13(4-1)14-7-9-16(10-8-14)18-12-11-15-5-2-6-17(15)19-18/h7-10,13,15,17-19H,1-6,11-12H2. The van der Waals surface area contributed by atoms with Gasteiger partial charge in [-0.25, -0.2) is 0 Å². The van der Waals surface area contributed by atoms with Crippen LogP contribution in [0, 0.1) is 5.92 Å². The monoisotopic (exact) mass is 255 g/mol. The first kappa shape index (κ1) is 12.0. The van der Waals surface area contributed by atoms with Crippen molar-refractivity contribution < 1.29 is 0 Å². The molecule has 1 aromatic carbocycles. The van der Waals surface area contributed by atoms with Crippen molar-refractivity contribution in [3.8, 4) is 0 Å². The molecule has 0 spiro atoms. The molecule has 2 saturated carbocycles. The summed E-state index contributed by atoms with van der Waals surface area (Å²) in [6.45, 7) is 0. The third kappa shape index (κ3) is 2.23. The van der Waals surface area contributed by atoms with Gasteiger partial charge >= 0.3 is 0 Å². The van der Waals surface area contributed by atoms with Gasteiger partial charge in [-0.15, -0.1) is 0 Å². The van der Waals surface area contributed by atoms with Crippen molar-refractivity contribution in [1.82, 2.24) is 5.32 Å². The molecule has 0 amide bonds. The molecule has 3 aliphatic rings. The van der Waals surface area contributed by atoms with Gasteiger partial charge in [-0.3, -0.25) is 0 Å². The normalized spacial score (nSPS) is 34.8. The Morgan fingerprint density at radius 1 is 0.737 bits per heavy atom. The lowest BCUT2D eigenvalue weighted by Crippen LogP contribution is -2.40. The molecule has 2 aliphatic carbocycles. The van der Waals surface area contributed by atoms with E-state index in [0.717, 1.165) is 17.9 Å². The molecule has 1 nitrogen and oxygen atoms in total. The van der Waals surface area contributed by atoms with E-state index in [-0.39, 0.29) is 0 Å². The summed E-state index contributed by atoms with van der Waals surface area (Å²) in [5.41, 5.74) is 3.10. The van der Waals surface area contributed by atoms with Gasteiger partial charge in [0, 0.05) is 12.1 Å². The molecular weight excluding hydrogens is 230 g/mol. The van der Waals surface area contributed by atoms with Crippen molar-refractivity contribution >= 4 is 0 Å². The molecule has 1 aliphatic heterocycles. The van der Waals surface area contributed by atoms with E-state index in [1.807, 2.05) is 0 Å². The van der Waals surface area contributed by atoms with Crippen LogP contribution >= 0.6 is 0 Å². The van der Waals surface area contributed by atoms with Crippen LogP contribution in [0.5, 0.6) is 0 Å². The second-order valence-electron chi connectivity index (χ2n) is 6.89. The van der Waals surface area contributed by atoms with Crippen LogP contribution in [0.2, 0.25) is 0 Å². The number of rotatable bonds is 2. The first-order chi connectivity index (χ1) is 9.40. The Bertz CT molecular complexity index is 432. The first-order valence-electron chi connectivity index (χ1n) is 8.26. The topological polar surface area (TPSA) is 12.0 Å². The number of benzene rings is 1. The van der Waals surface area contributed by atoms with Crippen molar-refractivity contribution in [2.45, 2.75) is 69.4 Å². The van der Waals surface area contributed by atoms with Gasteiger partial charge in [0.25, 0.3) is 0 Å². The zero-order valence-electron chi connectivity index (χ0n) is 11.8. The number of piperidine rings is 1. The fourth-order valence-corrected chi connectivity index (χ4v) is 4.33. The van der Waals surface area contributed by atoms with Crippen LogP contribution in [0.25, 0.3) is 0 Å². The van der Waals surface area contributed by atoms with E-state index in [2.05, 4.69) is 29.6 Å². The average Bonchev–Trinajstić information content (AvgIpc) is 2.85. The van der Waals surface area contributed by atoms with Crippen LogP contribution in [-0.2, 0) is 0 Å². The van der Waals surface area contributed by atoms with E-state index in [0.29, 0.717) is 6.04 Å². The van der Waals surface area contributed by atoms with Crippen molar-refractivity contribution in [2.75, 3.05) is 0 Å². The van der Waals surface area contributed by atoms with Crippen LogP contribution in [0.4, 0.5) is 0 Å². The second kappa shape index (κ2) is 4.94. The molecule has 3 atom stereocenters. The Morgan fingerprint density at radius 2 is 1.47 bits per heavy atom. The van der Waals surface area contributed by atoms with Crippen molar-refractivity contribution in [3.63, 3.8) is 0 Å². The minimum absolute atomic E-state index is 0.620. The van der Waals surface area contributed by atoms with Gasteiger partial charge in [0.2, 0.25) is 0 Å². The maximum atomic E-state index is 3.91. The highest BCUT2D eigenvalue weighted by molar-refractivity contribution is 5.29. The van der Waals surface area contributed by atoms with Crippen molar-refractivity contribution in [3.05, 3.63) is 35.4 Å². The van der Waals surface area contributed by atoms with Gasteiger partial charge in [-0.1, -0.05) is 37.1 Å². The molecule has 1 heteroatoms. The largest absolute Gasteiger partial charge is 0.307 e. The molecule has 1 saturated heterocycles. The van der Waals surface area contributed by atoms with E-state index >= 15 is 0 Å². The lowest BCUT2D eigenvalue weighted by molar-refractivity contribution is 0.261. The Balaban J connectivity index is 1.46. The molecule has 1 N–H and O–H groups in total. The van der Waals surface area contributed by atoms with Crippen molar-refractivity contribution in [1.29, 1.82) is 0 Å². The van der Waals surface area contributed by atoms with Crippen LogP contribution in [0.3, 0.4) is 0 Å². The molecular formula is C18H25N. The van der Waals surface area contributed by atoms with Crippen molar-refractivity contribution in [2.24, 2.45) is 5.92 Å². The highest BCUT2D eigenvalue weighted by atomic mass is 15.0. The van der Waals surface area contributed by atoms with Gasteiger partial charge in [0.1, 0.15) is 0 Å². The summed E-state index contributed by atoms with van der Waals surface area (Å²) in [6.07, 6.45) is 11.3. The Labute approximate surface area is 116 Å². The van der Waals surface area contributed by atoms with E-state index in [9.17, 15) is 0 Å². The third-order valence-corrected chi connectivity index (χ3v) is 5.82. The Hall–Kier alpha value is -0.820. The summed E-state index contributed by atoms with van der Waals surface area (Å²) < 4.78 is 0. The molecule has 0 bridgehead atoms. The minimum Gasteiger partial charge on any atom is -0.307 e. The van der Waals surface area contributed by atoms with Crippen LogP contribution in [-0.4, -0.2) is 6.04 Å². The quantitative estimate of drug-likeness (QED) is 0.817. The molecule has 0 radical (unpaired) electrons. The Morgan fingerprint density at radius 3 is 2.21 bits per heavy atom. The molecule has 19 heavy (non-hydrogen) atoms. The predicted molar refractivity (Wildman–Crippen MR) is 79.3 cm³/mol. The third-order valence-electron chi connectivity index (χ3n) is 5.82. The molecule has 0 aromatic heterocycles. The zero-order valence-corrected chi connectivity index (χ0v) is 11.8. The minimum atomic E-state index is 0.620. The molecule has 3 fully saturated rings. The average molecular weight is 255 g/mol. The fraction of sp³-hybridized carbons (Fsp3) is 0.667. The molecule has 102 valence electrons. The van der Waals surface area contributed by atoms with Crippen LogP contribution < -0.4 is 5.32 Å². The highest BCUT2D eigenvalue weighted by Crippen LogP contribution is 2.39. The number of nitrogens with one attached hydrogen (secondary N) is 1. The molecule has 1 heterocycles. The van der Waals surface area contributed by atoms with Gasteiger partial charge in [0.15, 0.2) is 0 Å².